The summed E-state index contributed by atoms with van der Waals surface area (Å²) in [6.45, 7) is 6.40. The van der Waals surface area contributed by atoms with Crippen molar-refractivity contribution >= 4 is 0 Å². The van der Waals surface area contributed by atoms with Gasteiger partial charge in [-0.05, 0) is 61.5 Å². The summed E-state index contributed by atoms with van der Waals surface area (Å²) in [5, 5.41) is 0. The fourth-order valence-electron chi connectivity index (χ4n) is 4.03. The van der Waals surface area contributed by atoms with Crippen LogP contribution in [0.2, 0.25) is 0 Å². The summed E-state index contributed by atoms with van der Waals surface area (Å²) in [5.41, 5.74) is 4.63. The highest BCUT2D eigenvalue weighted by Crippen LogP contribution is 2.41. The summed E-state index contributed by atoms with van der Waals surface area (Å²) < 4.78 is 0. The van der Waals surface area contributed by atoms with Crippen LogP contribution >= 0.6 is 0 Å². The second-order valence-corrected chi connectivity index (χ2v) is 6.41. The molecule has 0 heteroatoms. The van der Waals surface area contributed by atoms with Crippen LogP contribution in [0.4, 0.5) is 0 Å². The molecule has 2 unspecified atom stereocenters. The predicted octanol–water partition coefficient (Wildman–Crippen LogP) is 4.78. The van der Waals surface area contributed by atoms with Gasteiger partial charge in [0.2, 0.25) is 0 Å². The van der Waals surface area contributed by atoms with Gasteiger partial charge < -0.3 is 0 Å². The number of hydrogen-bond acceptors (Lipinski definition) is 0. The smallest absolute Gasteiger partial charge is 0.0206 e. The number of fused-ring (bicyclic) bond motifs is 1. The van der Waals surface area contributed by atoms with Gasteiger partial charge in [-0.1, -0.05) is 49.3 Å². The molecule has 1 fully saturated rings. The van der Waals surface area contributed by atoms with Gasteiger partial charge in [-0.15, -0.1) is 0 Å². The molecule has 0 spiro atoms. The van der Waals surface area contributed by atoms with Gasteiger partial charge in [0, 0.05) is 0 Å². The lowest BCUT2D eigenvalue weighted by molar-refractivity contribution is 0.217. The van der Waals surface area contributed by atoms with Crippen LogP contribution in [0, 0.1) is 17.8 Å². The first-order chi connectivity index (χ1) is 8.74. The molecule has 0 radical (unpaired) electrons. The zero-order chi connectivity index (χ0) is 12.5. The maximum absolute atomic E-state index is 4.18. The van der Waals surface area contributed by atoms with Gasteiger partial charge in [0.15, 0.2) is 0 Å². The van der Waals surface area contributed by atoms with E-state index in [1.807, 2.05) is 0 Å². The van der Waals surface area contributed by atoms with E-state index < -0.39 is 0 Å². The molecule has 96 valence electrons. The molecule has 18 heavy (non-hydrogen) atoms. The average Bonchev–Trinajstić information content (AvgIpc) is 2.82. The quantitative estimate of drug-likeness (QED) is 0.652. The Bertz CT molecular complexity index is 418. The lowest BCUT2D eigenvalue weighted by atomic mass is 9.72. The second kappa shape index (κ2) is 4.91. The molecular weight excluding hydrogens is 216 g/mol. The Labute approximate surface area is 111 Å². The Hall–Kier alpha value is -1.04. The number of hydrogen-bond donors (Lipinski definition) is 0. The fourth-order valence-corrected chi connectivity index (χ4v) is 4.03. The highest BCUT2D eigenvalue weighted by molar-refractivity contribution is 5.32. The van der Waals surface area contributed by atoms with Crippen molar-refractivity contribution in [3.63, 3.8) is 0 Å². The van der Waals surface area contributed by atoms with E-state index in [0.717, 1.165) is 17.8 Å². The van der Waals surface area contributed by atoms with E-state index in [1.165, 1.54) is 44.1 Å². The van der Waals surface area contributed by atoms with Crippen LogP contribution in [-0.4, -0.2) is 0 Å². The summed E-state index contributed by atoms with van der Waals surface area (Å²) in [6, 6.07) is 9.04. The summed E-state index contributed by atoms with van der Waals surface area (Å²) in [6.07, 6.45) is 8.28. The zero-order valence-electron chi connectivity index (χ0n) is 11.5. The molecule has 1 aromatic carbocycles. The average molecular weight is 240 g/mol. The number of allylic oxidation sites excluding steroid dienone is 1. The second-order valence-electron chi connectivity index (χ2n) is 6.41. The Morgan fingerprint density at radius 2 is 1.72 bits per heavy atom. The van der Waals surface area contributed by atoms with Crippen LogP contribution in [0.25, 0.3) is 0 Å². The summed E-state index contributed by atoms with van der Waals surface area (Å²) in [5.74, 6) is 2.64. The summed E-state index contributed by atoms with van der Waals surface area (Å²) in [7, 11) is 0. The van der Waals surface area contributed by atoms with E-state index in [-0.39, 0.29) is 0 Å². The normalized spacial score (nSPS) is 28.1. The van der Waals surface area contributed by atoms with Gasteiger partial charge in [-0.3, -0.25) is 0 Å². The molecule has 0 heterocycles. The summed E-state index contributed by atoms with van der Waals surface area (Å²) in [4.78, 5) is 0. The van der Waals surface area contributed by atoms with Gasteiger partial charge in [-0.2, -0.15) is 0 Å². The van der Waals surface area contributed by atoms with Crippen LogP contribution in [0.1, 0.15) is 43.7 Å². The third kappa shape index (κ3) is 2.25. The molecule has 0 bridgehead atoms. The van der Waals surface area contributed by atoms with Crippen molar-refractivity contribution in [2.24, 2.45) is 17.8 Å². The minimum absolute atomic E-state index is 0.799. The van der Waals surface area contributed by atoms with E-state index in [4.69, 9.17) is 0 Å². The van der Waals surface area contributed by atoms with Crippen molar-refractivity contribution in [1.29, 1.82) is 0 Å². The van der Waals surface area contributed by atoms with Crippen molar-refractivity contribution in [2.75, 3.05) is 0 Å². The van der Waals surface area contributed by atoms with Crippen molar-refractivity contribution in [3.8, 4) is 0 Å². The topological polar surface area (TPSA) is 0 Å². The highest BCUT2D eigenvalue weighted by Gasteiger charge is 2.32. The minimum Gasteiger partial charge on any atom is -0.0999 e. The molecule has 3 rings (SSSR count). The summed E-state index contributed by atoms with van der Waals surface area (Å²) >= 11 is 0. The van der Waals surface area contributed by atoms with Gasteiger partial charge in [-0.25, -0.2) is 0 Å². The largest absolute Gasteiger partial charge is 0.0999 e. The first-order valence-electron chi connectivity index (χ1n) is 7.46. The van der Waals surface area contributed by atoms with Gasteiger partial charge in [0.1, 0.15) is 0 Å². The van der Waals surface area contributed by atoms with E-state index in [1.54, 1.807) is 11.1 Å². The molecule has 0 amide bonds. The Kier molecular flexibility index (Phi) is 3.28. The molecule has 0 nitrogen and oxygen atoms in total. The standard InChI is InChI=1S/C18H24/c1-13(2)14-8-5-9-17(10-14)18-11-15-6-3-4-7-16(15)12-18/h3-4,6-7,14,17-18H,1,5,8-12H2,2H3. The molecule has 0 N–H and O–H groups in total. The molecule has 0 aromatic heterocycles. The molecule has 2 aliphatic carbocycles. The molecule has 0 aliphatic heterocycles. The maximum Gasteiger partial charge on any atom is -0.0206 e. The fraction of sp³-hybridized carbons (Fsp3) is 0.556. The molecule has 1 saturated carbocycles. The SMILES string of the molecule is C=C(C)C1CCCC(C2Cc3ccccc3C2)C1. The Morgan fingerprint density at radius 3 is 2.33 bits per heavy atom. The highest BCUT2D eigenvalue weighted by atomic mass is 14.4. The third-order valence-electron chi connectivity index (χ3n) is 5.16. The van der Waals surface area contributed by atoms with Crippen molar-refractivity contribution < 1.29 is 0 Å². The Morgan fingerprint density at radius 1 is 1.06 bits per heavy atom. The number of rotatable bonds is 2. The molecule has 1 aromatic rings. The Balaban J connectivity index is 1.69. The lowest BCUT2D eigenvalue weighted by Crippen LogP contribution is -2.23. The van der Waals surface area contributed by atoms with E-state index in [2.05, 4.69) is 37.8 Å². The monoisotopic (exact) mass is 240 g/mol. The lowest BCUT2D eigenvalue weighted by Gasteiger charge is -2.33. The van der Waals surface area contributed by atoms with Gasteiger partial charge >= 0.3 is 0 Å². The van der Waals surface area contributed by atoms with Crippen LogP contribution < -0.4 is 0 Å². The molecule has 0 saturated heterocycles. The maximum atomic E-state index is 4.18. The first kappa shape index (κ1) is 12.0. The van der Waals surface area contributed by atoms with Crippen LogP contribution in [0.3, 0.4) is 0 Å². The van der Waals surface area contributed by atoms with E-state index in [9.17, 15) is 0 Å². The van der Waals surface area contributed by atoms with Crippen molar-refractivity contribution in [1.82, 2.24) is 0 Å². The first-order valence-corrected chi connectivity index (χ1v) is 7.46. The molecular formula is C18H24. The van der Waals surface area contributed by atoms with Crippen molar-refractivity contribution in [2.45, 2.75) is 45.4 Å². The van der Waals surface area contributed by atoms with Crippen molar-refractivity contribution in [3.05, 3.63) is 47.5 Å². The van der Waals surface area contributed by atoms with Gasteiger partial charge in [0.05, 0.1) is 0 Å². The predicted molar refractivity (Wildman–Crippen MR) is 77.6 cm³/mol. The van der Waals surface area contributed by atoms with Crippen LogP contribution in [0.5, 0.6) is 0 Å². The van der Waals surface area contributed by atoms with Crippen LogP contribution in [-0.2, 0) is 12.8 Å². The minimum atomic E-state index is 0.799. The van der Waals surface area contributed by atoms with Crippen LogP contribution in [0.15, 0.2) is 36.4 Å². The zero-order valence-corrected chi connectivity index (χ0v) is 11.5. The van der Waals surface area contributed by atoms with E-state index >= 15 is 0 Å². The van der Waals surface area contributed by atoms with Gasteiger partial charge in [0.25, 0.3) is 0 Å². The number of benzene rings is 1. The van der Waals surface area contributed by atoms with E-state index in [0.29, 0.717) is 0 Å². The molecule has 2 atom stereocenters. The molecule has 2 aliphatic rings. The third-order valence-corrected chi connectivity index (χ3v) is 5.16.